The first-order valence-corrected chi connectivity index (χ1v) is 10.9. The maximum atomic E-state index is 13.1. The van der Waals surface area contributed by atoms with Crippen LogP contribution in [0.2, 0.25) is 0 Å². The molecule has 0 radical (unpaired) electrons. The number of rotatable bonds is 4. The smallest absolute Gasteiger partial charge is 0.416 e. The van der Waals surface area contributed by atoms with Crippen LogP contribution in [0.1, 0.15) is 30.2 Å². The van der Waals surface area contributed by atoms with Gasteiger partial charge >= 0.3 is 6.18 Å². The van der Waals surface area contributed by atoms with Crippen LogP contribution in [-0.2, 0) is 16.2 Å². The van der Waals surface area contributed by atoms with Gasteiger partial charge in [-0.3, -0.25) is 0 Å². The third-order valence-corrected chi connectivity index (χ3v) is 7.07. The van der Waals surface area contributed by atoms with E-state index in [0.717, 1.165) is 24.3 Å². The first-order chi connectivity index (χ1) is 14.6. The lowest BCUT2D eigenvalue weighted by molar-refractivity contribution is -0.137. The Morgan fingerprint density at radius 3 is 2.13 bits per heavy atom. The molecule has 0 N–H and O–H groups in total. The minimum atomic E-state index is -4.53. The lowest BCUT2D eigenvalue weighted by Gasteiger charge is -2.29. The van der Waals surface area contributed by atoms with E-state index < -0.39 is 21.8 Å². The number of alkyl halides is 3. The molecule has 11 heteroatoms. The van der Waals surface area contributed by atoms with Crippen LogP contribution in [0.25, 0.3) is 11.5 Å². The predicted octanol–water partition coefficient (Wildman–Crippen LogP) is 4.46. The Bertz CT molecular complexity index is 1150. The number of benzene rings is 2. The Morgan fingerprint density at radius 1 is 0.935 bits per heavy atom. The van der Waals surface area contributed by atoms with Gasteiger partial charge in [0.2, 0.25) is 21.8 Å². The predicted molar refractivity (Wildman–Crippen MR) is 102 cm³/mol. The molecule has 0 unspecified atom stereocenters. The fourth-order valence-corrected chi connectivity index (χ4v) is 4.89. The first kappa shape index (κ1) is 21.4. The highest BCUT2D eigenvalue weighted by atomic mass is 32.2. The summed E-state index contributed by atoms with van der Waals surface area (Å²) in [6, 6.07) is 9.06. The second-order valence-corrected chi connectivity index (χ2v) is 9.09. The van der Waals surface area contributed by atoms with E-state index in [2.05, 4.69) is 10.2 Å². The molecule has 0 amide bonds. The summed E-state index contributed by atoms with van der Waals surface area (Å²) in [4.78, 5) is -0.185. The second kappa shape index (κ2) is 8.04. The van der Waals surface area contributed by atoms with E-state index in [1.54, 1.807) is 0 Å². The lowest BCUT2D eigenvalue weighted by Crippen LogP contribution is -2.38. The maximum absolute atomic E-state index is 13.1. The topological polar surface area (TPSA) is 76.3 Å². The standard InChI is InChI=1S/C20H17F4N3O3S/c21-16-5-1-13(2-6-16)18-25-26-19(30-18)14-9-11-27(12-10-14)31(28,29)17-7-3-15(4-8-17)20(22,23)24/h1-8,14H,9-12H2. The molecule has 6 nitrogen and oxygen atoms in total. The minimum absolute atomic E-state index is 0.152. The van der Waals surface area contributed by atoms with E-state index >= 15 is 0 Å². The van der Waals surface area contributed by atoms with E-state index in [4.69, 9.17) is 4.42 Å². The van der Waals surface area contributed by atoms with Crippen molar-refractivity contribution in [1.29, 1.82) is 0 Å². The SMILES string of the molecule is O=S(=O)(c1ccc(C(F)(F)F)cc1)N1CCC(c2nnc(-c3ccc(F)cc3)o2)CC1. The number of sulfonamides is 1. The molecule has 164 valence electrons. The largest absolute Gasteiger partial charge is 0.420 e. The van der Waals surface area contributed by atoms with Crippen LogP contribution in [0.15, 0.2) is 57.8 Å². The molecule has 3 aromatic rings. The van der Waals surface area contributed by atoms with Crippen LogP contribution in [0, 0.1) is 5.82 Å². The van der Waals surface area contributed by atoms with Crippen LogP contribution < -0.4 is 0 Å². The van der Waals surface area contributed by atoms with Gasteiger partial charge in [0, 0.05) is 24.6 Å². The van der Waals surface area contributed by atoms with Crippen LogP contribution in [-0.4, -0.2) is 36.0 Å². The van der Waals surface area contributed by atoms with Gasteiger partial charge in [0.05, 0.1) is 10.5 Å². The molecule has 0 aliphatic carbocycles. The summed E-state index contributed by atoms with van der Waals surface area (Å²) in [5.74, 6) is 0.0755. The van der Waals surface area contributed by atoms with Crippen molar-refractivity contribution in [3.8, 4) is 11.5 Å². The molecule has 1 aromatic heterocycles. The minimum Gasteiger partial charge on any atom is -0.420 e. The van der Waals surface area contributed by atoms with Gasteiger partial charge in [-0.15, -0.1) is 10.2 Å². The van der Waals surface area contributed by atoms with Crippen molar-refractivity contribution in [2.45, 2.75) is 29.8 Å². The quantitative estimate of drug-likeness (QED) is 0.543. The van der Waals surface area contributed by atoms with Crippen molar-refractivity contribution >= 4 is 10.0 Å². The Morgan fingerprint density at radius 2 is 1.55 bits per heavy atom. The van der Waals surface area contributed by atoms with Crippen molar-refractivity contribution in [2.24, 2.45) is 0 Å². The molecule has 0 spiro atoms. The van der Waals surface area contributed by atoms with Gasteiger partial charge in [0.15, 0.2) is 0 Å². The van der Waals surface area contributed by atoms with Crippen molar-refractivity contribution < 1.29 is 30.4 Å². The Kier molecular flexibility index (Phi) is 5.56. The summed E-state index contributed by atoms with van der Waals surface area (Å²) in [7, 11) is -3.91. The zero-order valence-corrected chi connectivity index (χ0v) is 16.8. The number of halogens is 4. The zero-order valence-electron chi connectivity index (χ0n) is 16.0. The van der Waals surface area contributed by atoms with Gasteiger partial charge in [0.1, 0.15) is 5.82 Å². The van der Waals surface area contributed by atoms with Gasteiger partial charge in [-0.1, -0.05) is 0 Å². The molecular formula is C20H17F4N3O3S. The van der Waals surface area contributed by atoms with Crippen LogP contribution >= 0.6 is 0 Å². The highest BCUT2D eigenvalue weighted by Gasteiger charge is 2.34. The van der Waals surface area contributed by atoms with Gasteiger partial charge in [-0.2, -0.15) is 17.5 Å². The molecule has 1 fully saturated rings. The molecule has 2 heterocycles. The third-order valence-electron chi connectivity index (χ3n) is 5.15. The molecule has 31 heavy (non-hydrogen) atoms. The van der Waals surface area contributed by atoms with E-state index in [1.807, 2.05) is 0 Å². The molecule has 4 rings (SSSR count). The number of hydrogen-bond acceptors (Lipinski definition) is 5. The van der Waals surface area contributed by atoms with Crippen LogP contribution in [0.5, 0.6) is 0 Å². The van der Waals surface area contributed by atoms with Gasteiger partial charge < -0.3 is 4.42 Å². The third kappa shape index (κ3) is 4.47. The summed E-state index contributed by atoms with van der Waals surface area (Å²) in [5, 5.41) is 8.00. The van der Waals surface area contributed by atoms with Crippen molar-refractivity contribution in [2.75, 3.05) is 13.1 Å². The van der Waals surface area contributed by atoms with Gasteiger partial charge in [-0.25, -0.2) is 12.8 Å². The Labute approximate surface area is 175 Å². The molecule has 0 saturated carbocycles. The van der Waals surface area contributed by atoms with E-state index in [-0.39, 0.29) is 35.6 Å². The molecular weight excluding hydrogens is 438 g/mol. The molecule has 0 bridgehead atoms. The maximum Gasteiger partial charge on any atom is 0.416 e. The van der Waals surface area contributed by atoms with Gasteiger partial charge in [-0.05, 0) is 61.4 Å². The van der Waals surface area contributed by atoms with Crippen molar-refractivity contribution in [3.63, 3.8) is 0 Å². The molecule has 1 aliphatic heterocycles. The number of piperidine rings is 1. The molecule has 1 saturated heterocycles. The summed E-state index contributed by atoms with van der Waals surface area (Å²) < 4.78 is 83.6. The zero-order chi connectivity index (χ0) is 22.2. The number of nitrogens with zero attached hydrogens (tertiary/aromatic N) is 3. The summed E-state index contributed by atoms with van der Waals surface area (Å²) in [5.41, 5.74) is -0.332. The Balaban J connectivity index is 1.43. The molecule has 1 aliphatic rings. The molecule has 0 atom stereocenters. The first-order valence-electron chi connectivity index (χ1n) is 9.41. The van der Waals surface area contributed by atoms with Crippen molar-refractivity contribution in [1.82, 2.24) is 14.5 Å². The van der Waals surface area contributed by atoms with E-state index in [1.165, 1.54) is 28.6 Å². The molecule has 2 aromatic carbocycles. The van der Waals surface area contributed by atoms with E-state index in [9.17, 15) is 26.0 Å². The fraction of sp³-hybridized carbons (Fsp3) is 0.300. The Hall–Kier alpha value is -2.79. The average molecular weight is 455 g/mol. The highest BCUT2D eigenvalue weighted by Crippen LogP contribution is 2.33. The fourth-order valence-electron chi connectivity index (χ4n) is 3.42. The van der Waals surface area contributed by atoms with E-state index in [0.29, 0.717) is 24.3 Å². The van der Waals surface area contributed by atoms with Crippen molar-refractivity contribution in [3.05, 3.63) is 65.8 Å². The van der Waals surface area contributed by atoms with Gasteiger partial charge in [0.25, 0.3) is 0 Å². The summed E-state index contributed by atoms with van der Waals surface area (Å²) >= 11 is 0. The number of hydrogen-bond donors (Lipinski definition) is 0. The lowest BCUT2D eigenvalue weighted by atomic mass is 9.98. The monoisotopic (exact) mass is 455 g/mol. The van der Waals surface area contributed by atoms with Crippen LogP contribution in [0.4, 0.5) is 17.6 Å². The van der Waals surface area contributed by atoms with Crippen LogP contribution in [0.3, 0.4) is 0 Å². The second-order valence-electron chi connectivity index (χ2n) is 7.15. The summed E-state index contributed by atoms with van der Waals surface area (Å²) in [6.45, 7) is 0.338. The number of aromatic nitrogens is 2. The normalized spacial score (nSPS) is 16.5. The average Bonchev–Trinajstić information content (AvgIpc) is 3.24. The summed E-state index contributed by atoms with van der Waals surface area (Å²) in [6.07, 6.45) is -3.69. The highest BCUT2D eigenvalue weighted by molar-refractivity contribution is 7.89.